The fourth-order valence-corrected chi connectivity index (χ4v) is 7.52. The summed E-state index contributed by atoms with van der Waals surface area (Å²) in [5, 5.41) is 6.12. The Morgan fingerprint density at radius 3 is 1.82 bits per heavy atom. The molecule has 0 radical (unpaired) electrons. The Hall–Kier alpha value is -5.86. The normalized spacial score (nSPS) is 13.1. The number of anilines is 2. The summed E-state index contributed by atoms with van der Waals surface area (Å²) >= 11 is 0. The maximum Gasteiger partial charge on any atom is 0.145 e. The second-order valence-corrected chi connectivity index (χ2v) is 11.7. The minimum absolute atomic E-state index is 0.443. The number of nitrogens with one attached hydrogen (secondary N) is 1. The second kappa shape index (κ2) is 10.1. The largest absolute Gasteiger partial charge is 0.455 e. The highest BCUT2D eigenvalue weighted by molar-refractivity contribution is 6.16. The topological polar surface area (TPSA) is 25.2 Å². The first-order valence-corrected chi connectivity index (χ1v) is 15.4. The van der Waals surface area contributed by atoms with Gasteiger partial charge in [-0.2, -0.15) is 0 Å². The standard InChI is InChI=1S/C43H29NO/c1-4-15-29(16-5-1)32-27-28-38(41-34-22-11-13-26-39(34)45-42(32)41)44-37-25-14-24-36-40(37)33-21-10-12-23-35(33)43(36,30-17-6-2-7-18-30)31-19-8-3-9-20-31/h1-28,44H. The zero-order valence-electron chi connectivity index (χ0n) is 24.6. The summed E-state index contributed by atoms with van der Waals surface area (Å²) < 4.78 is 6.57. The first kappa shape index (κ1) is 25.6. The molecule has 2 nitrogen and oxygen atoms in total. The molecule has 1 aliphatic carbocycles. The van der Waals surface area contributed by atoms with Crippen molar-refractivity contribution in [2.75, 3.05) is 5.32 Å². The van der Waals surface area contributed by atoms with E-state index in [-0.39, 0.29) is 0 Å². The predicted octanol–water partition coefficient (Wildman–Crippen LogP) is 11.4. The molecular weight excluding hydrogens is 546 g/mol. The van der Waals surface area contributed by atoms with Crippen LogP contribution in [0.1, 0.15) is 22.3 Å². The van der Waals surface area contributed by atoms with Gasteiger partial charge in [-0.15, -0.1) is 0 Å². The predicted molar refractivity (Wildman–Crippen MR) is 186 cm³/mol. The summed E-state index contributed by atoms with van der Waals surface area (Å²) in [6.45, 7) is 0. The van der Waals surface area contributed by atoms with Crippen molar-refractivity contribution in [2.45, 2.75) is 5.41 Å². The van der Waals surface area contributed by atoms with Crippen molar-refractivity contribution in [2.24, 2.45) is 0 Å². The van der Waals surface area contributed by atoms with Gasteiger partial charge < -0.3 is 9.73 Å². The lowest BCUT2D eigenvalue weighted by Crippen LogP contribution is -2.28. The molecule has 0 fully saturated rings. The highest BCUT2D eigenvalue weighted by atomic mass is 16.3. The second-order valence-electron chi connectivity index (χ2n) is 11.7. The fourth-order valence-electron chi connectivity index (χ4n) is 7.52. The van der Waals surface area contributed by atoms with Gasteiger partial charge in [0, 0.05) is 22.2 Å². The van der Waals surface area contributed by atoms with Crippen molar-refractivity contribution in [1.82, 2.24) is 0 Å². The van der Waals surface area contributed by atoms with E-state index >= 15 is 0 Å². The van der Waals surface area contributed by atoms with Gasteiger partial charge in [0.1, 0.15) is 11.2 Å². The van der Waals surface area contributed by atoms with Gasteiger partial charge in [-0.25, -0.2) is 0 Å². The number of hydrogen-bond donors (Lipinski definition) is 1. The number of benzene rings is 7. The van der Waals surface area contributed by atoms with Crippen LogP contribution in [0.15, 0.2) is 174 Å². The molecule has 0 aliphatic heterocycles. The zero-order chi connectivity index (χ0) is 29.8. The molecule has 212 valence electrons. The molecule has 8 aromatic rings. The van der Waals surface area contributed by atoms with Crippen LogP contribution in [0, 0.1) is 0 Å². The number of rotatable bonds is 5. The monoisotopic (exact) mass is 575 g/mol. The van der Waals surface area contributed by atoms with E-state index < -0.39 is 5.41 Å². The van der Waals surface area contributed by atoms with Crippen LogP contribution in [0.25, 0.3) is 44.2 Å². The maximum atomic E-state index is 6.57. The van der Waals surface area contributed by atoms with Gasteiger partial charge >= 0.3 is 0 Å². The number of fused-ring (bicyclic) bond motifs is 6. The third kappa shape index (κ3) is 3.76. The number of furan rings is 1. The Morgan fingerprint density at radius 2 is 1.07 bits per heavy atom. The van der Waals surface area contributed by atoms with Crippen molar-refractivity contribution in [3.63, 3.8) is 0 Å². The summed E-state index contributed by atoms with van der Waals surface area (Å²) in [6.07, 6.45) is 0. The molecular formula is C43H29NO. The van der Waals surface area contributed by atoms with E-state index in [1.807, 2.05) is 12.1 Å². The van der Waals surface area contributed by atoms with E-state index in [0.29, 0.717) is 0 Å². The van der Waals surface area contributed by atoms with Gasteiger partial charge in [0.25, 0.3) is 0 Å². The summed E-state index contributed by atoms with van der Waals surface area (Å²) in [6, 6.07) is 60.7. The van der Waals surface area contributed by atoms with Gasteiger partial charge in [0.05, 0.1) is 16.5 Å². The van der Waals surface area contributed by atoms with Gasteiger partial charge in [-0.3, -0.25) is 0 Å². The van der Waals surface area contributed by atoms with Crippen molar-refractivity contribution >= 4 is 33.3 Å². The van der Waals surface area contributed by atoms with Gasteiger partial charge in [-0.05, 0) is 57.6 Å². The van der Waals surface area contributed by atoms with Crippen LogP contribution in [-0.4, -0.2) is 0 Å². The molecule has 1 aromatic heterocycles. The molecule has 0 amide bonds. The van der Waals surface area contributed by atoms with Crippen LogP contribution in [0.2, 0.25) is 0 Å². The Kier molecular flexibility index (Phi) is 5.76. The van der Waals surface area contributed by atoms with E-state index in [1.165, 1.54) is 33.4 Å². The highest BCUT2D eigenvalue weighted by Gasteiger charge is 2.46. The minimum atomic E-state index is -0.443. The van der Waals surface area contributed by atoms with Crippen LogP contribution < -0.4 is 5.32 Å². The SMILES string of the molecule is c1ccc(-c2ccc(Nc3cccc4c3-c3ccccc3C4(c3ccccc3)c3ccccc3)c3c2oc2ccccc23)cc1. The van der Waals surface area contributed by atoms with Crippen molar-refractivity contribution in [3.8, 4) is 22.3 Å². The first-order chi connectivity index (χ1) is 22.3. The Bertz CT molecular complexity index is 2300. The molecule has 9 rings (SSSR count). The van der Waals surface area contributed by atoms with Gasteiger partial charge in [0.15, 0.2) is 0 Å². The maximum absolute atomic E-state index is 6.57. The molecule has 0 spiro atoms. The van der Waals surface area contributed by atoms with E-state index in [4.69, 9.17) is 4.42 Å². The van der Waals surface area contributed by atoms with E-state index in [1.54, 1.807) is 0 Å². The summed E-state index contributed by atoms with van der Waals surface area (Å²) in [5.41, 5.74) is 13.2. The average molecular weight is 576 g/mol. The number of para-hydroxylation sites is 1. The molecule has 1 aliphatic rings. The smallest absolute Gasteiger partial charge is 0.145 e. The van der Waals surface area contributed by atoms with Crippen molar-refractivity contribution in [1.29, 1.82) is 0 Å². The van der Waals surface area contributed by atoms with Crippen LogP contribution in [-0.2, 0) is 5.41 Å². The van der Waals surface area contributed by atoms with Crippen LogP contribution >= 0.6 is 0 Å². The summed E-state index contributed by atoms with van der Waals surface area (Å²) in [7, 11) is 0. The van der Waals surface area contributed by atoms with E-state index in [9.17, 15) is 0 Å². The Labute approximate surface area is 262 Å². The minimum Gasteiger partial charge on any atom is -0.455 e. The lowest BCUT2D eigenvalue weighted by molar-refractivity contribution is 0.670. The average Bonchev–Trinajstić information content (AvgIpc) is 3.65. The lowest BCUT2D eigenvalue weighted by atomic mass is 9.68. The molecule has 1 heterocycles. The van der Waals surface area contributed by atoms with E-state index in [0.717, 1.165) is 44.4 Å². The van der Waals surface area contributed by atoms with Crippen molar-refractivity contribution < 1.29 is 4.42 Å². The molecule has 2 heteroatoms. The van der Waals surface area contributed by atoms with Crippen LogP contribution in [0.5, 0.6) is 0 Å². The van der Waals surface area contributed by atoms with Crippen molar-refractivity contribution in [3.05, 3.63) is 192 Å². The highest BCUT2D eigenvalue weighted by Crippen LogP contribution is 2.58. The quantitative estimate of drug-likeness (QED) is 0.221. The molecule has 0 bridgehead atoms. The Balaban J connectivity index is 1.30. The molecule has 7 aromatic carbocycles. The third-order valence-corrected chi connectivity index (χ3v) is 9.36. The molecule has 1 N–H and O–H groups in total. The molecule has 0 atom stereocenters. The molecule has 0 saturated heterocycles. The summed E-state index contributed by atoms with van der Waals surface area (Å²) in [5.74, 6) is 0. The first-order valence-electron chi connectivity index (χ1n) is 15.4. The fraction of sp³-hybridized carbons (Fsp3) is 0.0233. The zero-order valence-corrected chi connectivity index (χ0v) is 24.6. The summed E-state index contributed by atoms with van der Waals surface area (Å²) in [4.78, 5) is 0. The molecule has 0 unspecified atom stereocenters. The third-order valence-electron chi connectivity index (χ3n) is 9.36. The Morgan fingerprint density at radius 1 is 0.444 bits per heavy atom. The van der Waals surface area contributed by atoms with Crippen LogP contribution in [0.4, 0.5) is 11.4 Å². The van der Waals surface area contributed by atoms with Crippen LogP contribution in [0.3, 0.4) is 0 Å². The molecule has 45 heavy (non-hydrogen) atoms. The van der Waals surface area contributed by atoms with E-state index in [2.05, 4.69) is 163 Å². The number of hydrogen-bond acceptors (Lipinski definition) is 2. The van der Waals surface area contributed by atoms with Gasteiger partial charge in [-0.1, -0.05) is 146 Å². The van der Waals surface area contributed by atoms with Gasteiger partial charge in [0.2, 0.25) is 0 Å². The lowest BCUT2D eigenvalue weighted by Gasteiger charge is -2.33. The molecule has 0 saturated carbocycles.